The van der Waals surface area contributed by atoms with Gasteiger partial charge in [0.1, 0.15) is 0 Å². The smallest absolute Gasteiger partial charge is 0.475 e. The average Bonchev–Trinajstić information content (AvgIpc) is 2.29. The predicted octanol–water partition coefficient (Wildman–Crippen LogP) is 2.04. The van der Waals surface area contributed by atoms with Gasteiger partial charge in [-0.1, -0.05) is 30.3 Å². The van der Waals surface area contributed by atoms with E-state index >= 15 is 0 Å². The molecule has 0 fully saturated rings. The summed E-state index contributed by atoms with van der Waals surface area (Å²) < 4.78 is 36.3. The lowest BCUT2D eigenvalue weighted by Crippen LogP contribution is -2.21. The Morgan fingerprint density at radius 1 is 1.22 bits per heavy atom. The van der Waals surface area contributed by atoms with Crippen LogP contribution in [0.1, 0.15) is 5.56 Å². The molecule has 18 heavy (non-hydrogen) atoms. The summed E-state index contributed by atoms with van der Waals surface area (Å²) in [5.41, 5.74) is 0.986. The first-order valence-corrected chi connectivity index (χ1v) is 4.68. The molecule has 4 nitrogen and oxygen atoms in total. The van der Waals surface area contributed by atoms with E-state index in [-0.39, 0.29) is 5.97 Å². The first kappa shape index (κ1) is 16.0. The first-order valence-electron chi connectivity index (χ1n) is 4.68. The lowest BCUT2D eigenvalue weighted by atomic mass is 10.2. The van der Waals surface area contributed by atoms with Crippen molar-refractivity contribution in [2.75, 3.05) is 7.11 Å². The van der Waals surface area contributed by atoms with Crippen molar-refractivity contribution in [3.63, 3.8) is 0 Å². The van der Waals surface area contributed by atoms with Crippen molar-refractivity contribution in [3.05, 3.63) is 35.9 Å². The maximum absolute atomic E-state index is 10.8. The number of esters is 1. The van der Waals surface area contributed by atoms with E-state index in [2.05, 4.69) is 4.74 Å². The number of carboxylic acid groups (broad SMARTS) is 1. The van der Waals surface area contributed by atoms with Crippen LogP contribution in [0.3, 0.4) is 0 Å². The van der Waals surface area contributed by atoms with E-state index in [4.69, 9.17) is 9.90 Å². The van der Waals surface area contributed by atoms with Gasteiger partial charge in [0.25, 0.3) is 0 Å². The Morgan fingerprint density at radius 2 is 1.67 bits per heavy atom. The van der Waals surface area contributed by atoms with Crippen LogP contribution in [-0.4, -0.2) is 30.3 Å². The number of carbonyl (C=O) groups is 2. The molecule has 0 saturated carbocycles. The van der Waals surface area contributed by atoms with Gasteiger partial charge in [0, 0.05) is 0 Å². The van der Waals surface area contributed by atoms with Crippen molar-refractivity contribution in [1.29, 1.82) is 0 Å². The Bertz CT molecular complexity index is 387. The number of hydrogen-bond acceptors (Lipinski definition) is 3. The zero-order chi connectivity index (χ0) is 14.2. The second-order valence-electron chi connectivity index (χ2n) is 3.04. The first-order chi connectivity index (χ1) is 8.27. The van der Waals surface area contributed by atoms with E-state index in [1.54, 1.807) is 0 Å². The summed E-state index contributed by atoms with van der Waals surface area (Å²) >= 11 is 0. The summed E-state index contributed by atoms with van der Waals surface area (Å²) in [5.74, 6) is -2.95. The summed E-state index contributed by atoms with van der Waals surface area (Å²) in [6.45, 7) is 0. The Hall–Kier alpha value is -2.05. The number of alkyl halides is 3. The maximum Gasteiger partial charge on any atom is 0.490 e. The fourth-order valence-corrected chi connectivity index (χ4v) is 0.835. The highest BCUT2D eigenvalue weighted by Crippen LogP contribution is 2.13. The molecule has 7 heteroatoms. The molecular weight excluding hydrogens is 253 g/mol. The minimum absolute atomic E-state index is 0.198. The third kappa shape index (κ3) is 7.26. The van der Waals surface area contributed by atoms with Crippen LogP contribution in [0.4, 0.5) is 13.2 Å². The van der Waals surface area contributed by atoms with Gasteiger partial charge in [-0.05, 0) is 5.56 Å². The Morgan fingerprint density at radius 3 is 2.00 bits per heavy atom. The number of aliphatic carboxylic acids is 1. The maximum atomic E-state index is 10.8. The molecule has 0 aliphatic rings. The number of ether oxygens (including phenoxy) is 1. The van der Waals surface area contributed by atoms with Gasteiger partial charge in [0.2, 0.25) is 0 Å². The number of carboxylic acids is 1. The quantitative estimate of drug-likeness (QED) is 0.830. The molecule has 1 aromatic rings. The highest BCUT2D eigenvalue weighted by Gasteiger charge is 2.38. The summed E-state index contributed by atoms with van der Waals surface area (Å²) in [6.07, 6.45) is -4.72. The van der Waals surface area contributed by atoms with E-state index in [1.165, 1.54) is 7.11 Å². The number of methoxy groups -OCH3 is 1. The largest absolute Gasteiger partial charge is 0.490 e. The molecule has 0 saturated heterocycles. The molecular formula is C11H11F3O4. The Balaban J connectivity index is 0.000000360. The molecule has 0 amide bonds. The normalized spacial score (nSPS) is 10.0. The lowest BCUT2D eigenvalue weighted by molar-refractivity contribution is -0.192. The van der Waals surface area contributed by atoms with Crippen molar-refractivity contribution in [2.24, 2.45) is 0 Å². The Labute approximate surface area is 101 Å². The molecule has 1 rings (SSSR count). The van der Waals surface area contributed by atoms with Crippen LogP contribution in [0.25, 0.3) is 0 Å². The van der Waals surface area contributed by atoms with Crippen LogP contribution < -0.4 is 0 Å². The minimum atomic E-state index is -5.08. The number of carbonyl (C=O) groups excluding carboxylic acids is 1. The Kier molecular flexibility index (Phi) is 6.48. The molecule has 1 N–H and O–H groups in total. The van der Waals surface area contributed by atoms with Gasteiger partial charge in [-0.2, -0.15) is 13.2 Å². The number of halogens is 3. The highest BCUT2D eigenvalue weighted by molar-refractivity contribution is 5.73. The lowest BCUT2D eigenvalue weighted by Gasteiger charge is -1.97. The van der Waals surface area contributed by atoms with Gasteiger partial charge in [-0.15, -0.1) is 0 Å². The van der Waals surface area contributed by atoms with Crippen LogP contribution >= 0.6 is 0 Å². The standard InChI is InChI=1S/C9H10O2.C2HF3O2/c1-11-9(10)7-8-5-3-2-4-6-8;3-2(4,5)1(6)7/h2-6H,7H2,1H3;(H,6,7). The summed E-state index contributed by atoms with van der Waals surface area (Å²) in [5, 5.41) is 7.12. The molecule has 0 atom stereocenters. The van der Waals surface area contributed by atoms with E-state index in [1.807, 2.05) is 30.3 Å². The van der Waals surface area contributed by atoms with Crippen molar-refractivity contribution >= 4 is 11.9 Å². The van der Waals surface area contributed by atoms with Crippen LogP contribution in [0.2, 0.25) is 0 Å². The monoisotopic (exact) mass is 264 g/mol. The number of hydrogen-bond donors (Lipinski definition) is 1. The zero-order valence-electron chi connectivity index (χ0n) is 9.40. The molecule has 1 aromatic carbocycles. The molecule has 0 heterocycles. The van der Waals surface area contributed by atoms with Crippen molar-refractivity contribution in [1.82, 2.24) is 0 Å². The number of rotatable bonds is 2. The highest BCUT2D eigenvalue weighted by atomic mass is 19.4. The second-order valence-corrected chi connectivity index (χ2v) is 3.04. The fraction of sp³-hybridized carbons (Fsp3) is 0.273. The minimum Gasteiger partial charge on any atom is -0.475 e. The van der Waals surface area contributed by atoms with Gasteiger partial charge in [0.05, 0.1) is 13.5 Å². The molecule has 0 aliphatic carbocycles. The van der Waals surface area contributed by atoms with Crippen LogP contribution in [0, 0.1) is 0 Å². The van der Waals surface area contributed by atoms with Gasteiger partial charge in [0.15, 0.2) is 0 Å². The topological polar surface area (TPSA) is 63.6 Å². The van der Waals surface area contributed by atoms with Crippen LogP contribution in [0.5, 0.6) is 0 Å². The number of benzene rings is 1. The fourth-order valence-electron chi connectivity index (χ4n) is 0.835. The van der Waals surface area contributed by atoms with Crippen molar-refractivity contribution in [3.8, 4) is 0 Å². The zero-order valence-corrected chi connectivity index (χ0v) is 9.40. The summed E-state index contributed by atoms with van der Waals surface area (Å²) in [6, 6.07) is 9.52. The van der Waals surface area contributed by atoms with Crippen LogP contribution in [0.15, 0.2) is 30.3 Å². The summed E-state index contributed by atoms with van der Waals surface area (Å²) in [7, 11) is 1.39. The van der Waals surface area contributed by atoms with Crippen molar-refractivity contribution in [2.45, 2.75) is 12.6 Å². The molecule has 0 aliphatic heterocycles. The van der Waals surface area contributed by atoms with E-state index < -0.39 is 12.1 Å². The third-order valence-electron chi connectivity index (χ3n) is 1.66. The van der Waals surface area contributed by atoms with Gasteiger partial charge in [-0.3, -0.25) is 4.79 Å². The average molecular weight is 264 g/mol. The predicted molar refractivity (Wildman–Crippen MR) is 55.9 cm³/mol. The van der Waals surface area contributed by atoms with Gasteiger partial charge < -0.3 is 9.84 Å². The molecule has 0 unspecified atom stereocenters. The van der Waals surface area contributed by atoms with E-state index in [0.29, 0.717) is 6.42 Å². The third-order valence-corrected chi connectivity index (χ3v) is 1.66. The van der Waals surface area contributed by atoms with Gasteiger partial charge >= 0.3 is 18.1 Å². The molecule has 100 valence electrons. The molecule has 0 radical (unpaired) electrons. The second kappa shape index (κ2) is 7.31. The molecule has 0 spiro atoms. The molecule has 0 bridgehead atoms. The van der Waals surface area contributed by atoms with E-state index in [0.717, 1.165) is 5.56 Å². The van der Waals surface area contributed by atoms with Gasteiger partial charge in [-0.25, -0.2) is 4.79 Å². The SMILES string of the molecule is COC(=O)Cc1ccccc1.O=C(O)C(F)(F)F. The molecule has 0 aromatic heterocycles. The van der Waals surface area contributed by atoms with Crippen LogP contribution in [-0.2, 0) is 20.7 Å². The summed E-state index contributed by atoms with van der Waals surface area (Å²) in [4.78, 5) is 19.7. The van der Waals surface area contributed by atoms with Crippen molar-refractivity contribution < 1.29 is 32.6 Å². The van der Waals surface area contributed by atoms with E-state index in [9.17, 15) is 18.0 Å².